The molecular formula is C13H14FNO4S. The Morgan fingerprint density at radius 3 is 2.65 bits per heavy atom. The van der Waals surface area contributed by atoms with E-state index in [4.69, 9.17) is 9.52 Å². The quantitative estimate of drug-likeness (QED) is 0.880. The molecule has 2 aromatic rings. The first-order valence-electron chi connectivity index (χ1n) is 5.87. The first-order valence-corrected chi connectivity index (χ1v) is 7.35. The lowest BCUT2D eigenvalue weighted by Gasteiger charge is -2.06. The van der Waals surface area contributed by atoms with E-state index in [2.05, 4.69) is 4.72 Å². The SMILES string of the molecule is Cc1oc(CO)cc1S(=O)(=O)NCc1ccccc1F. The highest BCUT2D eigenvalue weighted by Crippen LogP contribution is 2.20. The summed E-state index contributed by atoms with van der Waals surface area (Å²) in [6.07, 6.45) is 0. The van der Waals surface area contributed by atoms with Gasteiger partial charge in [-0.2, -0.15) is 0 Å². The zero-order valence-electron chi connectivity index (χ0n) is 10.8. The Morgan fingerprint density at radius 1 is 1.35 bits per heavy atom. The molecule has 0 saturated heterocycles. The van der Waals surface area contributed by atoms with Crippen LogP contribution in [0.4, 0.5) is 4.39 Å². The molecule has 0 atom stereocenters. The lowest BCUT2D eigenvalue weighted by Crippen LogP contribution is -2.23. The molecule has 0 aliphatic heterocycles. The minimum atomic E-state index is -3.82. The van der Waals surface area contributed by atoms with E-state index in [1.807, 2.05) is 0 Å². The van der Waals surface area contributed by atoms with Gasteiger partial charge in [-0.05, 0) is 13.0 Å². The summed E-state index contributed by atoms with van der Waals surface area (Å²) in [6, 6.07) is 7.16. The van der Waals surface area contributed by atoms with Gasteiger partial charge < -0.3 is 9.52 Å². The van der Waals surface area contributed by atoms with E-state index in [0.29, 0.717) is 0 Å². The van der Waals surface area contributed by atoms with Gasteiger partial charge in [0, 0.05) is 18.2 Å². The number of aliphatic hydroxyl groups excluding tert-OH is 1. The smallest absolute Gasteiger partial charge is 0.244 e. The highest BCUT2D eigenvalue weighted by molar-refractivity contribution is 7.89. The summed E-state index contributed by atoms with van der Waals surface area (Å²) in [5.41, 5.74) is 0.250. The molecule has 0 fully saturated rings. The zero-order valence-corrected chi connectivity index (χ0v) is 11.6. The second-order valence-corrected chi connectivity index (χ2v) is 5.94. The average Bonchev–Trinajstić information content (AvgIpc) is 2.80. The van der Waals surface area contributed by atoms with E-state index >= 15 is 0 Å². The molecular weight excluding hydrogens is 285 g/mol. The van der Waals surface area contributed by atoms with Gasteiger partial charge in [-0.1, -0.05) is 18.2 Å². The molecule has 1 aromatic heterocycles. The van der Waals surface area contributed by atoms with Gasteiger partial charge in [-0.25, -0.2) is 17.5 Å². The summed E-state index contributed by atoms with van der Waals surface area (Å²) >= 11 is 0. The molecule has 1 aromatic carbocycles. The van der Waals surface area contributed by atoms with Crippen LogP contribution in [0.5, 0.6) is 0 Å². The summed E-state index contributed by atoms with van der Waals surface area (Å²) in [6.45, 7) is 0.939. The maximum atomic E-state index is 13.4. The van der Waals surface area contributed by atoms with Crippen molar-refractivity contribution in [3.05, 3.63) is 53.2 Å². The van der Waals surface area contributed by atoms with Crippen LogP contribution in [-0.2, 0) is 23.2 Å². The predicted octanol–water partition coefficient (Wildman–Crippen LogP) is 1.70. The molecule has 0 saturated carbocycles. The standard InChI is InChI=1S/C13H14FNO4S/c1-9-13(6-11(8-16)19-9)20(17,18)15-7-10-4-2-3-5-12(10)14/h2-6,15-16H,7-8H2,1H3. The summed E-state index contributed by atoms with van der Waals surface area (Å²) in [5.74, 6) is -0.140. The van der Waals surface area contributed by atoms with Gasteiger partial charge in [0.15, 0.2) is 0 Å². The molecule has 1 heterocycles. The lowest BCUT2D eigenvalue weighted by atomic mass is 10.2. The van der Waals surface area contributed by atoms with E-state index in [0.717, 1.165) is 0 Å². The molecule has 20 heavy (non-hydrogen) atoms. The van der Waals surface area contributed by atoms with E-state index in [1.165, 1.54) is 31.2 Å². The predicted molar refractivity (Wildman–Crippen MR) is 69.8 cm³/mol. The number of aliphatic hydroxyl groups is 1. The van der Waals surface area contributed by atoms with Crippen LogP contribution >= 0.6 is 0 Å². The third-order valence-corrected chi connectivity index (χ3v) is 4.29. The van der Waals surface area contributed by atoms with Gasteiger partial charge >= 0.3 is 0 Å². The van der Waals surface area contributed by atoms with Gasteiger partial charge in [-0.3, -0.25) is 0 Å². The monoisotopic (exact) mass is 299 g/mol. The fraction of sp³-hybridized carbons (Fsp3) is 0.231. The number of nitrogens with one attached hydrogen (secondary N) is 1. The molecule has 0 unspecified atom stereocenters. The average molecular weight is 299 g/mol. The highest BCUT2D eigenvalue weighted by atomic mass is 32.2. The minimum Gasteiger partial charge on any atom is -0.462 e. The number of aryl methyl sites for hydroxylation is 1. The molecule has 0 spiro atoms. The summed E-state index contributed by atoms with van der Waals surface area (Å²) in [5, 5.41) is 8.93. The van der Waals surface area contributed by atoms with Crippen molar-refractivity contribution in [2.75, 3.05) is 0 Å². The van der Waals surface area contributed by atoms with Crippen molar-refractivity contribution in [3.63, 3.8) is 0 Å². The Bertz CT molecular complexity index is 709. The Morgan fingerprint density at radius 2 is 2.05 bits per heavy atom. The van der Waals surface area contributed by atoms with E-state index in [9.17, 15) is 12.8 Å². The number of sulfonamides is 1. The zero-order chi connectivity index (χ0) is 14.8. The molecule has 5 nitrogen and oxygen atoms in total. The number of halogens is 1. The Kier molecular flexibility index (Phi) is 4.22. The van der Waals surface area contributed by atoms with E-state index in [-0.39, 0.29) is 35.1 Å². The third-order valence-electron chi connectivity index (χ3n) is 2.78. The molecule has 0 bridgehead atoms. The van der Waals surface area contributed by atoms with Gasteiger partial charge in [0.2, 0.25) is 10.0 Å². The van der Waals surface area contributed by atoms with Gasteiger partial charge in [0.1, 0.15) is 28.8 Å². The van der Waals surface area contributed by atoms with Gasteiger partial charge in [-0.15, -0.1) is 0 Å². The van der Waals surface area contributed by atoms with Crippen LogP contribution in [0.1, 0.15) is 17.1 Å². The second-order valence-electron chi connectivity index (χ2n) is 4.21. The fourth-order valence-corrected chi connectivity index (χ4v) is 2.97. The summed E-state index contributed by atoms with van der Waals surface area (Å²) < 4.78 is 45.0. The van der Waals surface area contributed by atoms with Crippen LogP contribution in [-0.4, -0.2) is 13.5 Å². The van der Waals surface area contributed by atoms with Crippen LogP contribution in [0.25, 0.3) is 0 Å². The number of rotatable bonds is 5. The van der Waals surface area contributed by atoms with Crippen molar-refractivity contribution < 1.29 is 22.3 Å². The number of furan rings is 1. The first kappa shape index (κ1) is 14.7. The van der Waals surface area contributed by atoms with Crippen molar-refractivity contribution in [2.24, 2.45) is 0 Å². The Hall–Kier alpha value is -1.70. The molecule has 2 N–H and O–H groups in total. The van der Waals surface area contributed by atoms with Crippen molar-refractivity contribution >= 4 is 10.0 Å². The van der Waals surface area contributed by atoms with Gasteiger partial charge in [0.05, 0.1) is 0 Å². The minimum absolute atomic E-state index is 0.0575. The summed E-state index contributed by atoms with van der Waals surface area (Å²) in [4.78, 5) is -0.0575. The summed E-state index contributed by atoms with van der Waals surface area (Å²) in [7, 11) is -3.82. The van der Waals surface area contributed by atoms with Crippen molar-refractivity contribution in [1.82, 2.24) is 4.72 Å². The lowest BCUT2D eigenvalue weighted by molar-refractivity contribution is 0.244. The molecule has 2 rings (SSSR count). The van der Waals surface area contributed by atoms with Gasteiger partial charge in [0.25, 0.3) is 0 Å². The Balaban J connectivity index is 2.19. The topological polar surface area (TPSA) is 79.5 Å². The van der Waals surface area contributed by atoms with Crippen LogP contribution < -0.4 is 4.72 Å². The molecule has 0 aliphatic carbocycles. The molecule has 7 heteroatoms. The number of hydrogen-bond donors (Lipinski definition) is 2. The van der Waals surface area contributed by atoms with Crippen molar-refractivity contribution in [2.45, 2.75) is 25.0 Å². The molecule has 108 valence electrons. The largest absolute Gasteiger partial charge is 0.462 e. The normalized spacial score (nSPS) is 11.8. The van der Waals surface area contributed by atoms with Crippen LogP contribution in [0.15, 0.2) is 39.6 Å². The first-order chi connectivity index (χ1) is 9.44. The third kappa shape index (κ3) is 3.06. The highest BCUT2D eigenvalue weighted by Gasteiger charge is 2.21. The van der Waals surface area contributed by atoms with Crippen LogP contribution in [0.2, 0.25) is 0 Å². The molecule has 0 aliphatic rings. The number of benzene rings is 1. The number of hydrogen-bond acceptors (Lipinski definition) is 4. The van der Waals surface area contributed by atoms with Crippen molar-refractivity contribution in [3.8, 4) is 0 Å². The van der Waals surface area contributed by atoms with E-state index < -0.39 is 15.8 Å². The molecule has 0 amide bonds. The van der Waals surface area contributed by atoms with Crippen LogP contribution in [0, 0.1) is 12.7 Å². The van der Waals surface area contributed by atoms with Crippen molar-refractivity contribution in [1.29, 1.82) is 0 Å². The Labute approximate surface area is 116 Å². The fourth-order valence-electron chi connectivity index (χ4n) is 1.76. The maximum absolute atomic E-state index is 13.4. The maximum Gasteiger partial charge on any atom is 0.244 e. The van der Waals surface area contributed by atoms with E-state index in [1.54, 1.807) is 6.07 Å². The second kappa shape index (κ2) is 5.74. The van der Waals surface area contributed by atoms with Crippen LogP contribution in [0.3, 0.4) is 0 Å². The molecule has 0 radical (unpaired) electrons.